The maximum Gasteiger partial charge on any atom is 0.219 e. The van der Waals surface area contributed by atoms with E-state index in [1.807, 2.05) is 40.0 Å². The zero-order valence-corrected chi connectivity index (χ0v) is 18.7. The van der Waals surface area contributed by atoms with Gasteiger partial charge in [-0.15, -0.1) is 0 Å². The Balaban J connectivity index is 1.16. The van der Waals surface area contributed by atoms with Gasteiger partial charge in [0.25, 0.3) is 0 Å². The van der Waals surface area contributed by atoms with Crippen LogP contribution in [0, 0.1) is 5.92 Å². The van der Waals surface area contributed by atoms with E-state index in [4.69, 9.17) is 4.99 Å². The highest BCUT2D eigenvalue weighted by atomic mass is 16.2. The Kier molecular flexibility index (Phi) is 4.63. The number of rotatable bonds is 4. The number of hydrogen-bond acceptors (Lipinski definition) is 7. The minimum Gasteiger partial charge on any atom is -0.339 e. The number of allylic oxidation sites excluding steroid dienone is 3. The van der Waals surface area contributed by atoms with E-state index in [-0.39, 0.29) is 30.1 Å². The molecule has 1 N–H and O–H groups in total. The lowest BCUT2D eigenvalue weighted by atomic mass is 9.86. The Morgan fingerprint density at radius 2 is 2.09 bits per heavy atom. The summed E-state index contributed by atoms with van der Waals surface area (Å²) in [5, 5.41) is 15.6. The number of nitrogens with one attached hydrogen (secondary N) is 1. The van der Waals surface area contributed by atoms with Gasteiger partial charge in [-0.2, -0.15) is 15.3 Å². The third kappa shape index (κ3) is 3.63. The van der Waals surface area contributed by atoms with Gasteiger partial charge in [0.1, 0.15) is 0 Å². The van der Waals surface area contributed by atoms with Crippen LogP contribution in [0.3, 0.4) is 0 Å². The van der Waals surface area contributed by atoms with Gasteiger partial charge in [0, 0.05) is 50.3 Å². The molecule has 1 fully saturated rings. The SMILES string of the molecule is CC(=O)N1CC(n2cc(C3=CC4C=C(CC5=NNC6C=CC(C)=NN56)C=CC4N=C3)cn2)C1. The van der Waals surface area contributed by atoms with Crippen molar-refractivity contribution in [3.05, 3.63) is 60.0 Å². The van der Waals surface area contributed by atoms with E-state index in [1.54, 1.807) is 6.92 Å². The zero-order valence-electron chi connectivity index (χ0n) is 18.7. The van der Waals surface area contributed by atoms with Crippen LogP contribution in [-0.2, 0) is 4.79 Å². The Labute approximate surface area is 192 Å². The second kappa shape index (κ2) is 7.68. The number of nitrogens with zero attached hydrogens (tertiary/aromatic N) is 7. The van der Waals surface area contributed by atoms with Gasteiger partial charge in [-0.05, 0) is 30.2 Å². The van der Waals surface area contributed by atoms with E-state index >= 15 is 0 Å². The first kappa shape index (κ1) is 19.9. The number of amides is 1. The molecule has 0 bridgehead atoms. The number of hydrogen-bond donors (Lipinski definition) is 1. The van der Waals surface area contributed by atoms with E-state index in [0.29, 0.717) is 6.42 Å². The molecule has 0 radical (unpaired) electrons. The number of hydrazone groups is 2. The molecule has 5 heterocycles. The average Bonchev–Trinajstić information content (AvgIpc) is 3.40. The fourth-order valence-corrected chi connectivity index (χ4v) is 4.71. The van der Waals surface area contributed by atoms with Gasteiger partial charge in [-0.1, -0.05) is 24.3 Å². The number of aromatic nitrogens is 2. The fourth-order valence-electron chi connectivity index (χ4n) is 4.71. The largest absolute Gasteiger partial charge is 0.339 e. The number of aliphatic imine (C=N–C) groups is 1. The van der Waals surface area contributed by atoms with Gasteiger partial charge in [0.05, 0.1) is 24.0 Å². The Hall–Kier alpha value is -3.75. The van der Waals surface area contributed by atoms with Crippen molar-refractivity contribution in [3.63, 3.8) is 0 Å². The first-order valence-electron chi connectivity index (χ1n) is 11.3. The zero-order chi connectivity index (χ0) is 22.5. The standard InChI is InChI=1S/C24H26N8O/c1-15-3-6-23-27-28-24(32(23)29-15)8-17-4-5-22-18(7-17)9-19(10-25-22)20-11-26-31(12-20)21-13-30(14-21)16(2)33/h3-7,9-12,18,21-23,27H,8,13-14H2,1-2H3. The first-order chi connectivity index (χ1) is 16.0. The summed E-state index contributed by atoms with van der Waals surface area (Å²) in [6, 6.07) is 0.374. The third-order valence-electron chi connectivity index (χ3n) is 6.68. The molecule has 168 valence electrons. The van der Waals surface area contributed by atoms with Crippen molar-refractivity contribution in [2.75, 3.05) is 13.1 Å². The number of amidine groups is 1. The molecule has 9 nitrogen and oxygen atoms in total. The lowest BCUT2D eigenvalue weighted by Gasteiger charge is -2.38. The van der Waals surface area contributed by atoms with Crippen LogP contribution >= 0.6 is 0 Å². The molecule has 0 spiro atoms. The van der Waals surface area contributed by atoms with Crippen LogP contribution in [0.4, 0.5) is 0 Å². The topological polar surface area (TPSA) is 90.5 Å². The molecule has 6 rings (SSSR count). The molecule has 5 aliphatic rings. The summed E-state index contributed by atoms with van der Waals surface area (Å²) in [4.78, 5) is 18.1. The van der Waals surface area contributed by atoms with E-state index in [1.165, 1.54) is 5.57 Å². The summed E-state index contributed by atoms with van der Waals surface area (Å²) in [5.41, 5.74) is 7.46. The predicted octanol–water partition coefficient (Wildman–Crippen LogP) is 2.12. The first-order valence-corrected chi connectivity index (χ1v) is 11.3. The van der Waals surface area contributed by atoms with Crippen molar-refractivity contribution in [1.29, 1.82) is 0 Å². The molecule has 1 saturated heterocycles. The molecular weight excluding hydrogens is 416 g/mol. The highest BCUT2D eigenvalue weighted by Crippen LogP contribution is 2.31. The van der Waals surface area contributed by atoms with Crippen LogP contribution in [0.1, 0.15) is 31.9 Å². The molecule has 1 amide bonds. The molecule has 1 aromatic heterocycles. The van der Waals surface area contributed by atoms with Crippen molar-refractivity contribution in [2.45, 2.75) is 38.5 Å². The Bertz CT molecular complexity index is 1210. The van der Waals surface area contributed by atoms with Gasteiger partial charge < -0.3 is 4.90 Å². The van der Waals surface area contributed by atoms with Crippen LogP contribution in [-0.4, -0.2) is 68.7 Å². The fraction of sp³-hybridized carbons (Fsp3) is 0.375. The van der Waals surface area contributed by atoms with Crippen molar-refractivity contribution in [2.24, 2.45) is 21.1 Å². The summed E-state index contributed by atoms with van der Waals surface area (Å²) in [5.74, 6) is 1.23. The van der Waals surface area contributed by atoms with E-state index in [2.05, 4.69) is 57.3 Å². The van der Waals surface area contributed by atoms with Crippen molar-refractivity contribution in [1.82, 2.24) is 25.1 Å². The number of fused-ring (bicyclic) bond motifs is 2. The lowest BCUT2D eigenvalue weighted by molar-refractivity contribution is -0.134. The van der Waals surface area contributed by atoms with Crippen LogP contribution in [0.25, 0.3) is 5.57 Å². The van der Waals surface area contributed by atoms with Gasteiger partial charge in [-0.3, -0.25) is 19.9 Å². The molecule has 1 aliphatic carbocycles. The van der Waals surface area contributed by atoms with Crippen LogP contribution < -0.4 is 5.43 Å². The molecule has 3 atom stereocenters. The van der Waals surface area contributed by atoms with Gasteiger partial charge in [0.15, 0.2) is 12.0 Å². The summed E-state index contributed by atoms with van der Waals surface area (Å²) in [7, 11) is 0. The molecule has 3 unspecified atom stereocenters. The molecule has 1 aromatic rings. The van der Waals surface area contributed by atoms with Crippen LogP contribution in [0.15, 0.2) is 69.6 Å². The molecule has 0 saturated carbocycles. The third-order valence-corrected chi connectivity index (χ3v) is 6.68. The number of dihydropyridines is 1. The normalized spacial score (nSPS) is 27.8. The molecule has 33 heavy (non-hydrogen) atoms. The maximum absolute atomic E-state index is 11.4. The van der Waals surface area contributed by atoms with Crippen molar-refractivity contribution < 1.29 is 4.79 Å². The van der Waals surface area contributed by atoms with E-state index in [0.717, 1.165) is 35.8 Å². The van der Waals surface area contributed by atoms with Crippen LogP contribution in [0.2, 0.25) is 0 Å². The minimum atomic E-state index is 0.00475. The van der Waals surface area contributed by atoms with E-state index in [9.17, 15) is 4.79 Å². The molecular formula is C24H26N8O. The van der Waals surface area contributed by atoms with Crippen LogP contribution in [0.5, 0.6) is 0 Å². The molecule has 0 aromatic carbocycles. The highest BCUT2D eigenvalue weighted by Gasteiger charge is 2.32. The smallest absolute Gasteiger partial charge is 0.219 e. The second-order valence-corrected chi connectivity index (χ2v) is 9.08. The van der Waals surface area contributed by atoms with Gasteiger partial charge in [0.2, 0.25) is 5.91 Å². The predicted molar refractivity (Wildman–Crippen MR) is 128 cm³/mol. The second-order valence-electron chi connectivity index (χ2n) is 9.08. The summed E-state index contributed by atoms with van der Waals surface area (Å²) in [6.45, 7) is 5.05. The minimum absolute atomic E-state index is 0.00475. The lowest BCUT2D eigenvalue weighted by Crippen LogP contribution is -2.49. The monoisotopic (exact) mass is 442 g/mol. The van der Waals surface area contributed by atoms with Crippen molar-refractivity contribution in [3.8, 4) is 0 Å². The Morgan fingerprint density at radius 3 is 2.94 bits per heavy atom. The summed E-state index contributed by atoms with van der Waals surface area (Å²) >= 11 is 0. The number of likely N-dealkylation sites (tertiary alicyclic amines) is 1. The quantitative estimate of drug-likeness (QED) is 0.773. The number of carbonyl (C=O) groups excluding carboxylic acids is 1. The van der Waals surface area contributed by atoms with E-state index < -0.39 is 0 Å². The van der Waals surface area contributed by atoms with Gasteiger partial charge >= 0.3 is 0 Å². The maximum atomic E-state index is 11.4. The Morgan fingerprint density at radius 1 is 1.21 bits per heavy atom. The molecule has 4 aliphatic heterocycles. The average molecular weight is 443 g/mol. The summed E-state index contributed by atoms with van der Waals surface area (Å²) < 4.78 is 1.97. The highest BCUT2D eigenvalue weighted by molar-refractivity contribution is 6.10. The summed E-state index contributed by atoms with van der Waals surface area (Å²) in [6.07, 6.45) is 19.6. The number of carbonyl (C=O) groups is 1. The van der Waals surface area contributed by atoms with Gasteiger partial charge in [-0.25, -0.2) is 5.01 Å². The molecule has 9 heteroatoms. The van der Waals surface area contributed by atoms with Crippen molar-refractivity contribution >= 4 is 29.2 Å².